The van der Waals surface area contributed by atoms with Gasteiger partial charge in [0.2, 0.25) is 0 Å². The van der Waals surface area contributed by atoms with Crippen molar-refractivity contribution in [2.75, 3.05) is 6.26 Å². The van der Waals surface area contributed by atoms with Crippen molar-refractivity contribution in [1.29, 1.82) is 0 Å². The Labute approximate surface area is 171 Å². The monoisotopic (exact) mass is 466 g/mol. The number of benzene rings is 2. The molecule has 4 nitrogen and oxygen atoms in total. The van der Waals surface area contributed by atoms with Crippen LogP contribution in [0.5, 0.6) is 0 Å². The minimum absolute atomic E-state index is 0.149. The highest BCUT2D eigenvalue weighted by molar-refractivity contribution is 7.90. The Kier molecular flexibility index (Phi) is 5.41. The van der Waals surface area contributed by atoms with E-state index >= 15 is 0 Å². The number of rotatable bonds is 3. The summed E-state index contributed by atoms with van der Waals surface area (Å²) < 4.78 is 118. The van der Waals surface area contributed by atoms with Gasteiger partial charge in [-0.25, -0.2) is 17.5 Å². The van der Waals surface area contributed by atoms with Crippen LogP contribution in [0.3, 0.4) is 0 Å². The van der Waals surface area contributed by atoms with Crippen molar-refractivity contribution in [1.82, 2.24) is 9.78 Å². The van der Waals surface area contributed by atoms with E-state index < -0.39 is 44.2 Å². The van der Waals surface area contributed by atoms with Crippen molar-refractivity contribution in [3.05, 3.63) is 65.1 Å². The standard InChI is InChI=1S/C19H13F7N2O2S/c1-10-3-5-12(8-13(10)18(21,22)23)28-15(9-17(27-28)19(24,25)26)11-4-6-16(14(20)7-11)31(2,29)30/h3-9H,1-2H3. The van der Waals surface area contributed by atoms with E-state index in [0.29, 0.717) is 22.9 Å². The molecule has 0 saturated heterocycles. The van der Waals surface area contributed by atoms with Crippen LogP contribution in [0.2, 0.25) is 0 Å². The molecular formula is C19H13F7N2O2S. The van der Waals surface area contributed by atoms with Crippen molar-refractivity contribution in [3.8, 4) is 16.9 Å². The van der Waals surface area contributed by atoms with Crippen molar-refractivity contribution in [2.45, 2.75) is 24.2 Å². The molecule has 1 heterocycles. The lowest BCUT2D eigenvalue weighted by molar-refractivity contribution is -0.141. The summed E-state index contributed by atoms with van der Waals surface area (Å²) in [5, 5.41) is 3.37. The molecule has 0 amide bonds. The van der Waals surface area contributed by atoms with Crippen molar-refractivity contribution in [3.63, 3.8) is 0 Å². The van der Waals surface area contributed by atoms with E-state index in [-0.39, 0.29) is 22.5 Å². The summed E-state index contributed by atoms with van der Waals surface area (Å²) in [5.74, 6) is -1.22. The van der Waals surface area contributed by atoms with Gasteiger partial charge in [0.1, 0.15) is 10.7 Å². The average Bonchev–Trinajstić information content (AvgIpc) is 3.05. The van der Waals surface area contributed by atoms with Crippen molar-refractivity contribution in [2.24, 2.45) is 0 Å². The number of aromatic nitrogens is 2. The first kappa shape index (κ1) is 22.8. The number of halogens is 7. The molecule has 3 aromatic rings. The summed E-state index contributed by atoms with van der Waals surface area (Å²) in [6.45, 7) is 1.19. The molecule has 0 unspecified atom stereocenters. The SMILES string of the molecule is Cc1ccc(-n2nc(C(F)(F)F)cc2-c2ccc(S(C)(=O)=O)c(F)c2)cc1C(F)(F)F. The van der Waals surface area contributed by atoms with Gasteiger partial charge in [-0.1, -0.05) is 12.1 Å². The number of nitrogens with zero attached hydrogens (tertiary/aromatic N) is 2. The molecule has 0 bridgehead atoms. The number of sulfone groups is 1. The lowest BCUT2D eigenvalue weighted by Gasteiger charge is -2.14. The molecule has 12 heteroatoms. The molecule has 0 radical (unpaired) electrons. The van der Waals surface area contributed by atoms with Crippen LogP contribution in [0.15, 0.2) is 47.4 Å². The summed E-state index contributed by atoms with van der Waals surface area (Å²) in [6, 6.07) is 5.98. The molecule has 0 fully saturated rings. The van der Waals surface area contributed by atoms with E-state index in [9.17, 15) is 39.2 Å². The van der Waals surface area contributed by atoms with Crippen molar-refractivity contribution < 1.29 is 39.2 Å². The fourth-order valence-electron chi connectivity index (χ4n) is 2.93. The zero-order chi connectivity index (χ0) is 23.4. The van der Waals surface area contributed by atoms with Crippen molar-refractivity contribution >= 4 is 9.84 Å². The Hall–Kier alpha value is -2.89. The van der Waals surface area contributed by atoms with Gasteiger partial charge < -0.3 is 0 Å². The van der Waals surface area contributed by atoms with E-state index in [4.69, 9.17) is 0 Å². The Morgan fingerprint density at radius 2 is 1.55 bits per heavy atom. The molecule has 0 aliphatic carbocycles. The van der Waals surface area contributed by atoms with E-state index in [2.05, 4.69) is 5.10 Å². The van der Waals surface area contributed by atoms with Gasteiger partial charge in [-0.2, -0.15) is 31.4 Å². The van der Waals surface area contributed by atoms with Gasteiger partial charge in [-0.05, 0) is 42.8 Å². The molecule has 0 aliphatic rings. The summed E-state index contributed by atoms with van der Waals surface area (Å²) in [7, 11) is -3.94. The van der Waals surface area contributed by atoms with E-state index in [0.717, 1.165) is 30.5 Å². The van der Waals surface area contributed by atoms with Gasteiger partial charge in [0.15, 0.2) is 15.5 Å². The second kappa shape index (κ2) is 7.36. The third-order valence-electron chi connectivity index (χ3n) is 4.40. The summed E-state index contributed by atoms with van der Waals surface area (Å²) >= 11 is 0. The summed E-state index contributed by atoms with van der Waals surface area (Å²) in [6.07, 6.45) is -8.94. The van der Waals surface area contributed by atoms with Crippen LogP contribution < -0.4 is 0 Å². The molecular weight excluding hydrogens is 453 g/mol. The van der Waals surface area contributed by atoms with E-state index in [1.165, 1.54) is 6.92 Å². The van der Waals surface area contributed by atoms with Crippen LogP contribution in [0.4, 0.5) is 30.7 Å². The Balaban J connectivity index is 2.27. The number of aryl methyl sites for hydroxylation is 1. The molecule has 31 heavy (non-hydrogen) atoms. The minimum atomic E-state index is -4.93. The van der Waals surface area contributed by atoms with E-state index in [1.807, 2.05) is 0 Å². The predicted octanol–water partition coefficient (Wildman–Crippen LogP) is 5.43. The molecule has 166 valence electrons. The maximum absolute atomic E-state index is 14.3. The Bertz CT molecular complexity index is 1260. The highest BCUT2D eigenvalue weighted by Crippen LogP contribution is 2.36. The zero-order valence-corrected chi connectivity index (χ0v) is 16.6. The topological polar surface area (TPSA) is 52.0 Å². The zero-order valence-electron chi connectivity index (χ0n) is 15.8. The molecule has 2 aromatic carbocycles. The summed E-state index contributed by atoms with van der Waals surface area (Å²) in [4.78, 5) is -0.673. The summed E-state index contributed by atoms with van der Waals surface area (Å²) in [5.41, 5.74) is -3.55. The molecule has 1 aromatic heterocycles. The minimum Gasteiger partial charge on any atom is -0.232 e. The lowest BCUT2D eigenvalue weighted by atomic mass is 10.1. The number of alkyl halides is 6. The average molecular weight is 466 g/mol. The Morgan fingerprint density at radius 1 is 0.903 bits per heavy atom. The first-order valence-electron chi connectivity index (χ1n) is 8.44. The molecule has 0 aliphatic heterocycles. The van der Waals surface area contributed by atoms with Gasteiger partial charge >= 0.3 is 12.4 Å². The normalized spacial score (nSPS) is 12.9. The lowest BCUT2D eigenvalue weighted by Crippen LogP contribution is -2.11. The fourth-order valence-corrected chi connectivity index (χ4v) is 3.66. The molecule has 3 rings (SSSR count). The third-order valence-corrected chi connectivity index (χ3v) is 5.53. The second-order valence-corrected chi connectivity index (χ2v) is 8.72. The van der Waals surface area contributed by atoms with Crippen LogP contribution in [0, 0.1) is 12.7 Å². The van der Waals surface area contributed by atoms with Gasteiger partial charge in [0.05, 0.1) is 16.9 Å². The van der Waals surface area contributed by atoms with Gasteiger partial charge in [0, 0.05) is 11.8 Å². The first-order chi connectivity index (χ1) is 14.1. The van der Waals surface area contributed by atoms with E-state index in [1.54, 1.807) is 0 Å². The van der Waals surface area contributed by atoms with Crippen LogP contribution >= 0.6 is 0 Å². The molecule has 0 N–H and O–H groups in total. The smallest absolute Gasteiger partial charge is 0.232 e. The van der Waals surface area contributed by atoms with Gasteiger partial charge in [-0.3, -0.25) is 0 Å². The predicted molar refractivity (Wildman–Crippen MR) is 96.8 cm³/mol. The highest BCUT2D eigenvalue weighted by atomic mass is 32.2. The number of hydrogen-bond acceptors (Lipinski definition) is 3. The van der Waals surface area contributed by atoms with Crippen LogP contribution in [0.25, 0.3) is 16.9 Å². The third kappa shape index (κ3) is 4.58. The van der Waals surface area contributed by atoms with Gasteiger partial charge in [0.25, 0.3) is 0 Å². The largest absolute Gasteiger partial charge is 0.435 e. The molecule has 0 atom stereocenters. The fraction of sp³-hybridized carbons (Fsp3) is 0.211. The van der Waals surface area contributed by atoms with Gasteiger partial charge in [-0.15, -0.1) is 0 Å². The maximum atomic E-state index is 14.3. The Morgan fingerprint density at radius 3 is 2.06 bits per heavy atom. The molecule has 0 spiro atoms. The highest BCUT2D eigenvalue weighted by Gasteiger charge is 2.36. The van der Waals surface area contributed by atoms with Crippen LogP contribution in [-0.4, -0.2) is 24.5 Å². The van der Waals surface area contributed by atoms with Crippen LogP contribution in [-0.2, 0) is 22.2 Å². The number of hydrogen-bond donors (Lipinski definition) is 0. The quantitative estimate of drug-likeness (QED) is 0.484. The maximum Gasteiger partial charge on any atom is 0.435 e. The molecule has 0 saturated carbocycles. The first-order valence-corrected chi connectivity index (χ1v) is 10.3. The van der Waals surface area contributed by atoms with Crippen LogP contribution in [0.1, 0.15) is 16.8 Å². The second-order valence-electron chi connectivity index (χ2n) is 6.74.